The van der Waals surface area contributed by atoms with Crippen molar-refractivity contribution in [1.29, 1.82) is 0 Å². The van der Waals surface area contributed by atoms with E-state index >= 15 is 0 Å². The molecule has 0 spiro atoms. The molecule has 0 bridgehead atoms. The van der Waals surface area contributed by atoms with Crippen molar-refractivity contribution in [3.8, 4) is 0 Å². The minimum Gasteiger partial charge on any atom is -0.464 e. The normalized spacial score (nSPS) is 9.70. The lowest BCUT2D eigenvalue weighted by atomic mass is 10.4. The standard InChI is InChI=1S/C7H9NO2/c1-2-6-3-4-7(10-6)5-8-9/h3-4H,2,5H2,1H3. The van der Waals surface area contributed by atoms with Crippen LogP contribution in [0.15, 0.2) is 21.7 Å². The van der Waals surface area contributed by atoms with Gasteiger partial charge < -0.3 is 4.42 Å². The van der Waals surface area contributed by atoms with E-state index in [4.69, 9.17) is 4.42 Å². The summed E-state index contributed by atoms with van der Waals surface area (Å²) >= 11 is 0. The van der Waals surface area contributed by atoms with Crippen LogP contribution in [0, 0.1) is 4.91 Å². The molecule has 0 aliphatic rings. The van der Waals surface area contributed by atoms with Crippen molar-refractivity contribution in [2.75, 3.05) is 0 Å². The molecule has 0 fully saturated rings. The molecule has 0 aliphatic carbocycles. The molecule has 1 aromatic rings. The number of rotatable bonds is 3. The molecular formula is C7H9NO2. The van der Waals surface area contributed by atoms with Gasteiger partial charge in [0.2, 0.25) is 0 Å². The molecule has 10 heavy (non-hydrogen) atoms. The zero-order valence-corrected chi connectivity index (χ0v) is 5.83. The highest BCUT2D eigenvalue weighted by Gasteiger charge is 1.97. The van der Waals surface area contributed by atoms with Crippen molar-refractivity contribution in [2.24, 2.45) is 5.18 Å². The van der Waals surface area contributed by atoms with E-state index in [-0.39, 0.29) is 6.54 Å². The SMILES string of the molecule is CCc1ccc(CN=O)o1. The summed E-state index contributed by atoms with van der Waals surface area (Å²) in [6, 6.07) is 3.64. The van der Waals surface area contributed by atoms with Crippen LogP contribution in [0.1, 0.15) is 18.4 Å². The van der Waals surface area contributed by atoms with Crippen molar-refractivity contribution in [1.82, 2.24) is 0 Å². The van der Waals surface area contributed by atoms with Gasteiger partial charge in [0, 0.05) is 6.42 Å². The Morgan fingerprint density at radius 2 is 2.20 bits per heavy atom. The number of hydrogen-bond donors (Lipinski definition) is 0. The fraction of sp³-hybridized carbons (Fsp3) is 0.429. The molecule has 3 nitrogen and oxygen atoms in total. The van der Waals surface area contributed by atoms with Gasteiger partial charge in [-0.2, -0.15) is 4.91 Å². The van der Waals surface area contributed by atoms with E-state index in [9.17, 15) is 4.91 Å². The second-order valence-electron chi connectivity index (χ2n) is 2.01. The van der Waals surface area contributed by atoms with E-state index in [1.54, 1.807) is 6.07 Å². The van der Waals surface area contributed by atoms with Crippen molar-refractivity contribution in [3.63, 3.8) is 0 Å². The molecule has 0 radical (unpaired) electrons. The van der Waals surface area contributed by atoms with Crippen LogP contribution in [0.5, 0.6) is 0 Å². The zero-order valence-electron chi connectivity index (χ0n) is 5.83. The maximum Gasteiger partial charge on any atom is 0.139 e. The highest BCUT2D eigenvalue weighted by atomic mass is 16.3. The second-order valence-corrected chi connectivity index (χ2v) is 2.01. The molecule has 0 aromatic carbocycles. The molecular weight excluding hydrogens is 130 g/mol. The lowest BCUT2D eigenvalue weighted by molar-refractivity contribution is 0.471. The number of nitrogens with zero attached hydrogens (tertiary/aromatic N) is 1. The van der Waals surface area contributed by atoms with E-state index in [1.165, 1.54) is 0 Å². The van der Waals surface area contributed by atoms with Crippen molar-refractivity contribution in [2.45, 2.75) is 19.9 Å². The Labute approximate surface area is 59.0 Å². The molecule has 54 valence electrons. The van der Waals surface area contributed by atoms with Crippen LogP contribution in [0.3, 0.4) is 0 Å². The molecule has 1 aromatic heterocycles. The topological polar surface area (TPSA) is 42.6 Å². The molecule has 0 atom stereocenters. The number of hydrogen-bond acceptors (Lipinski definition) is 3. The summed E-state index contributed by atoms with van der Waals surface area (Å²) in [7, 11) is 0. The van der Waals surface area contributed by atoms with Crippen molar-refractivity contribution < 1.29 is 4.42 Å². The monoisotopic (exact) mass is 139 g/mol. The van der Waals surface area contributed by atoms with Gasteiger partial charge in [-0.05, 0) is 12.1 Å². The maximum atomic E-state index is 9.76. The Balaban J connectivity index is 2.67. The molecule has 0 saturated heterocycles. The predicted octanol–water partition coefficient (Wildman–Crippen LogP) is 2.11. The van der Waals surface area contributed by atoms with Crippen molar-refractivity contribution in [3.05, 3.63) is 28.6 Å². The largest absolute Gasteiger partial charge is 0.464 e. The molecule has 0 amide bonds. The van der Waals surface area contributed by atoms with Crippen LogP contribution in [-0.4, -0.2) is 0 Å². The van der Waals surface area contributed by atoms with Crippen LogP contribution in [-0.2, 0) is 13.0 Å². The van der Waals surface area contributed by atoms with Gasteiger partial charge in [0.15, 0.2) is 0 Å². The Bertz CT molecular complexity index is 217. The molecule has 1 rings (SSSR count). The van der Waals surface area contributed by atoms with E-state index < -0.39 is 0 Å². The lowest BCUT2D eigenvalue weighted by Gasteiger charge is -1.85. The van der Waals surface area contributed by atoms with E-state index in [0.29, 0.717) is 5.76 Å². The van der Waals surface area contributed by atoms with Gasteiger partial charge >= 0.3 is 0 Å². The van der Waals surface area contributed by atoms with E-state index in [1.807, 2.05) is 13.0 Å². The third-order valence-electron chi connectivity index (χ3n) is 1.29. The van der Waals surface area contributed by atoms with Crippen LogP contribution < -0.4 is 0 Å². The Morgan fingerprint density at radius 3 is 2.70 bits per heavy atom. The first-order valence-corrected chi connectivity index (χ1v) is 3.23. The summed E-state index contributed by atoms with van der Waals surface area (Å²) in [4.78, 5) is 9.76. The second kappa shape index (κ2) is 3.15. The smallest absolute Gasteiger partial charge is 0.139 e. The number of nitroso groups, excluding NO2 is 1. The zero-order chi connectivity index (χ0) is 7.40. The van der Waals surface area contributed by atoms with Crippen LogP contribution >= 0.6 is 0 Å². The third kappa shape index (κ3) is 1.43. The van der Waals surface area contributed by atoms with Crippen LogP contribution in [0.25, 0.3) is 0 Å². The average Bonchev–Trinajstić information content (AvgIpc) is 2.37. The maximum absolute atomic E-state index is 9.76. The number of aryl methyl sites for hydroxylation is 1. The van der Waals surface area contributed by atoms with Gasteiger partial charge in [0.1, 0.15) is 18.1 Å². The van der Waals surface area contributed by atoms with E-state index in [2.05, 4.69) is 5.18 Å². The lowest BCUT2D eigenvalue weighted by Crippen LogP contribution is -1.73. The molecule has 0 unspecified atom stereocenters. The summed E-state index contributed by atoms with van der Waals surface area (Å²) in [5.41, 5.74) is 0. The first-order valence-electron chi connectivity index (χ1n) is 3.23. The van der Waals surface area contributed by atoms with Gasteiger partial charge in [-0.15, -0.1) is 0 Å². The minimum atomic E-state index is 0.139. The molecule has 1 heterocycles. The summed E-state index contributed by atoms with van der Waals surface area (Å²) in [6.45, 7) is 2.14. The fourth-order valence-corrected chi connectivity index (χ4v) is 0.761. The summed E-state index contributed by atoms with van der Waals surface area (Å²) in [5, 5.41) is 2.71. The van der Waals surface area contributed by atoms with Crippen LogP contribution in [0.4, 0.5) is 0 Å². The van der Waals surface area contributed by atoms with Gasteiger partial charge in [-0.25, -0.2) is 0 Å². The quantitative estimate of drug-likeness (QED) is 0.602. The summed E-state index contributed by atoms with van der Waals surface area (Å²) in [5.74, 6) is 1.55. The minimum absolute atomic E-state index is 0.139. The summed E-state index contributed by atoms with van der Waals surface area (Å²) in [6.07, 6.45) is 0.860. The molecule has 0 aliphatic heterocycles. The highest BCUT2D eigenvalue weighted by Crippen LogP contribution is 2.08. The van der Waals surface area contributed by atoms with Gasteiger partial charge in [-0.1, -0.05) is 12.1 Å². The highest BCUT2D eigenvalue weighted by molar-refractivity contribution is 5.06. The Hall–Kier alpha value is -1.12. The van der Waals surface area contributed by atoms with Crippen molar-refractivity contribution >= 4 is 0 Å². The fourth-order valence-electron chi connectivity index (χ4n) is 0.761. The van der Waals surface area contributed by atoms with Gasteiger partial charge in [-0.3, -0.25) is 0 Å². The average molecular weight is 139 g/mol. The third-order valence-corrected chi connectivity index (χ3v) is 1.29. The van der Waals surface area contributed by atoms with Crippen LogP contribution in [0.2, 0.25) is 0 Å². The molecule has 0 N–H and O–H groups in total. The van der Waals surface area contributed by atoms with Gasteiger partial charge in [0.25, 0.3) is 0 Å². The van der Waals surface area contributed by atoms with E-state index in [0.717, 1.165) is 12.2 Å². The van der Waals surface area contributed by atoms with Gasteiger partial charge in [0.05, 0.1) is 0 Å². The molecule has 0 saturated carbocycles. The first kappa shape index (κ1) is 6.99. The Kier molecular flexibility index (Phi) is 2.20. The Morgan fingerprint density at radius 1 is 1.50 bits per heavy atom. The number of furan rings is 1. The predicted molar refractivity (Wildman–Crippen MR) is 37.6 cm³/mol. The first-order chi connectivity index (χ1) is 4.86. The summed E-state index contributed by atoms with van der Waals surface area (Å²) < 4.78 is 5.18. The molecule has 3 heteroatoms.